The number of carbonyl (C=O) groups excluding carboxylic acids is 1. The summed E-state index contributed by atoms with van der Waals surface area (Å²) >= 11 is 0. The number of nitrogens with zero attached hydrogens (tertiary/aromatic N) is 1. The third-order valence-electron chi connectivity index (χ3n) is 3.26. The van der Waals surface area contributed by atoms with Gasteiger partial charge in [0.25, 0.3) is 5.91 Å². The van der Waals surface area contributed by atoms with E-state index in [2.05, 4.69) is 0 Å². The number of benzene rings is 1. The largest absolute Gasteiger partial charge is 0.481 e. The topological polar surface area (TPSA) is 66.8 Å². The van der Waals surface area contributed by atoms with Gasteiger partial charge in [-0.3, -0.25) is 9.59 Å². The van der Waals surface area contributed by atoms with Crippen LogP contribution in [0.2, 0.25) is 0 Å². The number of hydrogen-bond acceptors (Lipinski definition) is 3. The molecule has 0 saturated heterocycles. The van der Waals surface area contributed by atoms with Crippen molar-refractivity contribution in [3.05, 3.63) is 29.8 Å². The fraction of sp³-hybridized carbons (Fsp3) is 0.500. The SMILES string of the molecule is CCN(CC(C)C(=O)O)C(=O)C(C)Oc1cccc(C)c1. The molecular weight excluding hydrogens is 270 g/mol. The van der Waals surface area contributed by atoms with Gasteiger partial charge in [-0.15, -0.1) is 0 Å². The van der Waals surface area contributed by atoms with Crippen LogP contribution in [0.5, 0.6) is 5.75 Å². The van der Waals surface area contributed by atoms with Gasteiger partial charge in [-0.2, -0.15) is 0 Å². The highest BCUT2D eigenvalue weighted by Crippen LogP contribution is 2.15. The van der Waals surface area contributed by atoms with Crippen LogP contribution in [-0.4, -0.2) is 41.1 Å². The number of aliphatic carboxylic acids is 1. The van der Waals surface area contributed by atoms with Crippen LogP contribution in [0.1, 0.15) is 26.3 Å². The number of hydrogen-bond donors (Lipinski definition) is 1. The summed E-state index contributed by atoms with van der Waals surface area (Å²) in [4.78, 5) is 24.7. The molecular formula is C16H23NO4. The number of amides is 1. The molecule has 1 aromatic carbocycles. The molecule has 2 atom stereocenters. The monoisotopic (exact) mass is 293 g/mol. The van der Waals surface area contributed by atoms with Gasteiger partial charge in [-0.05, 0) is 38.5 Å². The van der Waals surface area contributed by atoms with Crippen LogP contribution < -0.4 is 4.74 Å². The van der Waals surface area contributed by atoms with Gasteiger partial charge in [0.1, 0.15) is 5.75 Å². The third kappa shape index (κ3) is 5.10. The minimum atomic E-state index is -0.909. The lowest BCUT2D eigenvalue weighted by Gasteiger charge is -2.26. The lowest BCUT2D eigenvalue weighted by molar-refractivity contribution is -0.144. The molecule has 116 valence electrons. The van der Waals surface area contributed by atoms with Crippen molar-refractivity contribution >= 4 is 11.9 Å². The maximum Gasteiger partial charge on any atom is 0.308 e. The smallest absolute Gasteiger partial charge is 0.308 e. The molecule has 1 N–H and O–H groups in total. The van der Waals surface area contributed by atoms with Crippen LogP contribution in [0.4, 0.5) is 0 Å². The molecule has 1 aromatic rings. The molecule has 0 spiro atoms. The molecule has 0 heterocycles. The summed E-state index contributed by atoms with van der Waals surface area (Å²) in [6, 6.07) is 7.48. The lowest BCUT2D eigenvalue weighted by atomic mass is 10.1. The van der Waals surface area contributed by atoms with Crippen LogP contribution in [0, 0.1) is 12.8 Å². The highest BCUT2D eigenvalue weighted by Gasteiger charge is 2.24. The summed E-state index contributed by atoms with van der Waals surface area (Å²) < 4.78 is 5.64. The Kier molecular flexibility index (Phi) is 6.21. The second-order valence-electron chi connectivity index (χ2n) is 5.19. The Morgan fingerprint density at radius 2 is 2.00 bits per heavy atom. The molecule has 0 bridgehead atoms. The average Bonchev–Trinajstić information content (AvgIpc) is 2.43. The Labute approximate surface area is 125 Å². The van der Waals surface area contributed by atoms with Gasteiger partial charge >= 0.3 is 5.97 Å². The minimum absolute atomic E-state index is 0.187. The van der Waals surface area contributed by atoms with Crippen LogP contribution >= 0.6 is 0 Å². The first-order valence-corrected chi connectivity index (χ1v) is 7.10. The molecule has 0 aliphatic heterocycles. The molecule has 0 radical (unpaired) electrons. The van der Waals surface area contributed by atoms with Gasteiger partial charge in [-0.25, -0.2) is 0 Å². The van der Waals surface area contributed by atoms with Gasteiger partial charge < -0.3 is 14.7 Å². The van der Waals surface area contributed by atoms with Crippen molar-refractivity contribution in [3.8, 4) is 5.75 Å². The zero-order valence-electron chi connectivity index (χ0n) is 13.0. The van der Waals surface area contributed by atoms with Crippen molar-refractivity contribution in [1.29, 1.82) is 0 Å². The third-order valence-corrected chi connectivity index (χ3v) is 3.26. The van der Waals surface area contributed by atoms with E-state index in [1.165, 1.54) is 4.90 Å². The van der Waals surface area contributed by atoms with Crippen molar-refractivity contribution in [2.75, 3.05) is 13.1 Å². The summed E-state index contributed by atoms with van der Waals surface area (Å²) in [5, 5.41) is 8.94. The van der Waals surface area contributed by atoms with Gasteiger partial charge in [0.15, 0.2) is 6.10 Å². The quantitative estimate of drug-likeness (QED) is 0.838. The molecule has 1 amide bonds. The molecule has 0 aromatic heterocycles. The Morgan fingerprint density at radius 1 is 1.33 bits per heavy atom. The van der Waals surface area contributed by atoms with Crippen molar-refractivity contribution < 1.29 is 19.4 Å². The Balaban J connectivity index is 2.68. The second kappa shape index (κ2) is 7.67. The molecule has 2 unspecified atom stereocenters. The number of carboxylic acids is 1. The molecule has 1 rings (SSSR count). The van der Waals surface area contributed by atoms with Crippen LogP contribution in [-0.2, 0) is 9.59 Å². The van der Waals surface area contributed by atoms with E-state index in [1.54, 1.807) is 19.9 Å². The highest BCUT2D eigenvalue weighted by molar-refractivity contribution is 5.81. The zero-order valence-corrected chi connectivity index (χ0v) is 13.0. The molecule has 0 aliphatic rings. The predicted octanol–water partition coefficient (Wildman–Crippen LogP) is 2.33. The van der Waals surface area contributed by atoms with Gasteiger partial charge in [0.2, 0.25) is 0 Å². The van der Waals surface area contributed by atoms with E-state index < -0.39 is 18.0 Å². The summed E-state index contributed by atoms with van der Waals surface area (Å²) in [7, 11) is 0. The number of ether oxygens (including phenoxy) is 1. The van der Waals surface area contributed by atoms with Crippen LogP contribution in [0.3, 0.4) is 0 Å². The minimum Gasteiger partial charge on any atom is -0.481 e. The Hall–Kier alpha value is -2.04. The number of carbonyl (C=O) groups is 2. The normalized spacial score (nSPS) is 13.3. The van der Waals surface area contributed by atoms with E-state index in [9.17, 15) is 9.59 Å². The fourth-order valence-electron chi connectivity index (χ4n) is 1.98. The molecule has 0 saturated carbocycles. The van der Waals surface area contributed by atoms with Crippen molar-refractivity contribution in [2.24, 2.45) is 5.92 Å². The Bertz CT molecular complexity index is 501. The number of rotatable bonds is 7. The molecule has 0 fully saturated rings. The molecule has 0 aliphatic carbocycles. The maximum absolute atomic E-state index is 12.3. The average molecular weight is 293 g/mol. The standard InChI is InChI=1S/C16H23NO4/c1-5-17(10-12(3)16(19)20)15(18)13(4)21-14-8-6-7-11(2)9-14/h6-9,12-13H,5,10H2,1-4H3,(H,19,20). The summed E-state index contributed by atoms with van der Waals surface area (Å²) in [5.41, 5.74) is 1.05. The van der Waals surface area contributed by atoms with Gasteiger partial charge in [-0.1, -0.05) is 19.1 Å². The highest BCUT2D eigenvalue weighted by atomic mass is 16.5. The summed E-state index contributed by atoms with van der Waals surface area (Å²) in [5.74, 6) is -1.07. The molecule has 21 heavy (non-hydrogen) atoms. The van der Waals surface area contributed by atoms with Crippen molar-refractivity contribution in [3.63, 3.8) is 0 Å². The molecule has 5 heteroatoms. The van der Waals surface area contributed by atoms with Gasteiger partial charge in [0.05, 0.1) is 5.92 Å². The first-order chi connectivity index (χ1) is 9.85. The van der Waals surface area contributed by atoms with Crippen molar-refractivity contribution in [2.45, 2.75) is 33.8 Å². The van der Waals surface area contributed by atoms with E-state index >= 15 is 0 Å². The van der Waals surface area contributed by atoms with Crippen LogP contribution in [0.15, 0.2) is 24.3 Å². The van der Waals surface area contributed by atoms with Crippen LogP contribution in [0.25, 0.3) is 0 Å². The first kappa shape index (κ1) is 17.0. The van der Waals surface area contributed by atoms with E-state index in [1.807, 2.05) is 32.0 Å². The molecule has 5 nitrogen and oxygen atoms in total. The lowest BCUT2D eigenvalue weighted by Crippen LogP contribution is -2.43. The fourth-order valence-corrected chi connectivity index (χ4v) is 1.98. The Morgan fingerprint density at radius 3 is 2.52 bits per heavy atom. The second-order valence-corrected chi connectivity index (χ2v) is 5.19. The van der Waals surface area contributed by atoms with E-state index in [0.717, 1.165) is 5.56 Å². The summed E-state index contributed by atoms with van der Waals surface area (Å²) in [6.45, 7) is 7.69. The van der Waals surface area contributed by atoms with E-state index in [4.69, 9.17) is 9.84 Å². The number of carboxylic acid groups (broad SMARTS) is 1. The van der Waals surface area contributed by atoms with E-state index in [-0.39, 0.29) is 12.5 Å². The van der Waals surface area contributed by atoms with Gasteiger partial charge in [0, 0.05) is 13.1 Å². The predicted molar refractivity (Wildman–Crippen MR) is 80.3 cm³/mol. The first-order valence-electron chi connectivity index (χ1n) is 7.10. The summed E-state index contributed by atoms with van der Waals surface area (Å²) in [6.07, 6.45) is -0.646. The number of aryl methyl sites for hydroxylation is 1. The van der Waals surface area contributed by atoms with E-state index in [0.29, 0.717) is 12.3 Å². The zero-order chi connectivity index (χ0) is 16.0. The van der Waals surface area contributed by atoms with Crippen molar-refractivity contribution in [1.82, 2.24) is 4.90 Å². The number of likely N-dealkylation sites (N-methyl/N-ethyl adjacent to an activating group) is 1. The maximum atomic E-state index is 12.3.